The zero-order chi connectivity index (χ0) is 13.8. The van der Waals surface area contributed by atoms with E-state index in [-0.39, 0.29) is 17.6 Å². The number of carbonyl (C=O) groups is 1. The number of piperidine rings is 1. The monoisotopic (exact) mass is 260 g/mol. The molecule has 1 aliphatic rings. The van der Waals surface area contributed by atoms with Gasteiger partial charge in [-0.25, -0.2) is 0 Å². The van der Waals surface area contributed by atoms with Crippen LogP contribution < -0.4 is 4.74 Å². The summed E-state index contributed by atoms with van der Waals surface area (Å²) < 4.78 is 4.94. The first-order valence-corrected chi connectivity index (χ1v) is 6.21. The molecule has 1 saturated heterocycles. The molecule has 100 valence electrons. The number of amides is 1. The highest BCUT2D eigenvalue weighted by Crippen LogP contribution is 2.27. The summed E-state index contributed by atoms with van der Waals surface area (Å²) in [5.74, 6) is 0.0368. The van der Waals surface area contributed by atoms with Crippen LogP contribution in [0.4, 0.5) is 0 Å². The van der Waals surface area contributed by atoms with Crippen LogP contribution in [-0.4, -0.2) is 36.1 Å². The molecular formula is C14H16N2O3. The second kappa shape index (κ2) is 5.61. The van der Waals surface area contributed by atoms with Crippen LogP contribution in [0.1, 0.15) is 23.2 Å². The molecule has 1 heterocycles. The van der Waals surface area contributed by atoms with Gasteiger partial charge in [0, 0.05) is 18.7 Å². The van der Waals surface area contributed by atoms with Gasteiger partial charge in [0.2, 0.25) is 0 Å². The summed E-state index contributed by atoms with van der Waals surface area (Å²) in [6.45, 7) is 1.12. The highest BCUT2D eigenvalue weighted by molar-refractivity contribution is 5.95. The predicted octanol–water partition coefficient (Wildman–Crippen LogP) is 1.78. The van der Waals surface area contributed by atoms with Gasteiger partial charge in [-0.05, 0) is 31.0 Å². The molecule has 1 fully saturated rings. The molecule has 1 aromatic rings. The number of benzene rings is 1. The van der Waals surface area contributed by atoms with E-state index in [1.165, 1.54) is 13.2 Å². The molecule has 5 heteroatoms. The average Bonchev–Trinajstić information content (AvgIpc) is 2.46. The highest BCUT2D eigenvalue weighted by atomic mass is 16.5. The van der Waals surface area contributed by atoms with Crippen LogP contribution in [0, 0.1) is 17.2 Å². The van der Waals surface area contributed by atoms with Crippen molar-refractivity contribution in [3.05, 3.63) is 23.8 Å². The first-order valence-electron chi connectivity index (χ1n) is 6.21. The molecule has 0 spiro atoms. The molecule has 0 saturated carbocycles. The van der Waals surface area contributed by atoms with Crippen LogP contribution in [0.3, 0.4) is 0 Å². The van der Waals surface area contributed by atoms with Crippen LogP contribution in [0.25, 0.3) is 0 Å². The third-order valence-corrected chi connectivity index (χ3v) is 3.32. The van der Waals surface area contributed by atoms with E-state index in [1.54, 1.807) is 17.0 Å². The number of ether oxygens (including phenoxy) is 1. The fourth-order valence-corrected chi connectivity index (χ4v) is 2.27. The second-order valence-corrected chi connectivity index (χ2v) is 4.61. The Balaban J connectivity index is 2.15. The number of phenols is 1. The molecule has 1 atom stereocenters. The van der Waals surface area contributed by atoms with Gasteiger partial charge in [-0.3, -0.25) is 4.79 Å². The third-order valence-electron chi connectivity index (χ3n) is 3.32. The highest BCUT2D eigenvalue weighted by Gasteiger charge is 2.24. The van der Waals surface area contributed by atoms with E-state index in [0.717, 1.165) is 12.8 Å². The number of likely N-dealkylation sites (tertiary alicyclic amines) is 1. The first-order chi connectivity index (χ1) is 9.15. The van der Waals surface area contributed by atoms with Crippen molar-refractivity contribution in [2.75, 3.05) is 20.2 Å². The summed E-state index contributed by atoms with van der Waals surface area (Å²) >= 11 is 0. The molecule has 0 radical (unpaired) electrons. The number of hydrogen-bond donors (Lipinski definition) is 1. The maximum atomic E-state index is 12.3. The molecule has 0 aliphatic carbocycles. The Morgan fingerprint density at radius 3 is 3.00 bits per heavy atom. The molecule has 5 nitrogen and oxygen atoms in total. The number of rotatable bonds is 2. The van der Waals surface area contributed by atoms with Gasteiger partial charge in [0.15, 0.2) is 11.5 Å². The Kier molecular flexibility index (Phi) is 3.91. The average molecular weight is 260 g/mol. The van der Waals surface area contributed by atoms with Crippen molar-refractivity contribution >= 4 is 5.91 Å². The number of methoxy groups -OCH3 is 1. The van der Waals surface area contributed by atoms with Crippen molar-refractivity contribution in [3.63, 3.8) is 0 Å². The van der Waals surface area contributed by atoms with Crippen molar-refractivity contribution in [3.8, 4) is 17.6 Å². The lowest BCUT2D eigenvalue weighted by Crippen LogP contribution is -2.39. The molecule has 1 N–H and O–H groups in total. The van der Waals surface area contributed by atoms with Crippen LogP contribution >= 0.6 is 0 Å². The molecule has 1 aliphatic heterocycles. The summed E-state index contributed by atoms with van der Waals surface area (Å²) in [6, 6.07) is 6.79. The maximum Gasteiger partial charge on any atom is 0.254 e. The Labute approximate surface area is 112 Å². The normalized spacial score (nSPS) is 18.7. The predicted molar refractivity (Wildman–Crippen MR) is 68.9 cm³/mol. The van der Waals surface area contributed by atoms with Gasteiger partial charge < -0.3 is 14.7 Å². The fraction of sp³-hybridized carbons (Fsp3) is 0.429. The summed E-state index contributed by atoms with van der Waals surface area (Å²) in [7, 11) is 1.46. The van der Waals surface area contributed by atoms with E-state index >= 15 is 0 Å². The molecule has 0 bridgehead atoms. The van der Waals surface area contributed by atoms with Gasteiger partial charge in [0.05, 0.1) is 19.1 Å². The number of aromatic hydroxyl groups is 1. The van der Waals surface area contributed by atoms with Crippen LogP contribution in [0.5, 0.6) is 11.5 Å². The Morgan fingerprint density at radius 1 is 1.58 bits per heavy atom. The van der Waals surface area contributed by atoms with E-state index in [1.807, 2.05) is 0 Å². The van der Waals surface area contributed by atoms with E-state index < -0.39 is 0 Å². The van der Waals surface area contributed by atoms with E-state index in [0.29, 0.717) is 24.4 Å². The molecule has 1 aromatic carbocycles. The fourth-order valence-electron chi connectivity index (χ4n) is 2.27. The molecule has 2 rings (SSSR count). The van der Waals surface area contributed by atoms with Gasteiger partial charge >= 0.3 is 0 Å². The zero-order valence-corrected chi connectivity index (χ0v) is 10.8. The van der Waals surface area contributed by atoms with Crippen LogP contribution in [0.15, 0.2) is 18.2 Å². The van der Waals surface area contributed by atoms with Crippen molar-refractivity contribution < 1.29 is 14.6 Å². The minimum atomic E-state index is -0.155. The maximum absolute atomic E-state index is 12.3. The van der Waals surface area contributed by atoms with Crippen molar-refractivity contribution in [1.29, 1.82) is 5.26 Å². The number of nitrogens with zero attached hydrogens (tertiary/aromatic N) is 2. The molecule has 1 unspecified atom stereocenters. The van der Waals surface area contributed by atoms with E-state index in [4.69, 9.17) is 10.00 Å². The van der Waals surface area contributed by atoms with E-state index in [9.17, 15) is 9.90 Å². The first kappa shape index (κ1) is 13.2. The Morgan fingerprint density at radius 2 is 2.37 bits per heavy atom. The van der Waals surface area contributed by atoms with Gasteiger partial charge in [0.1, 0.15) is 0 Å². The minimum absolute atomic E-state index is 0.0535. The standard InChI is InChI=1S/C14H16N2O3/c1-19-13-5-4-11(7-12(13)17)14(18)16-6-2-3-10(8-15)9-16/h4-5,7,10,17H,2-3,6,9H2,1H3. The van der Waals surface area contributed by atoms with Gasteiger partial charge in [-0.15, -0.1) is 0 Å². The largest absolute Gasteiger partial charge is 0.504 e. The number of nitriles is 1. The molecular weight excluding hydrogens is 244 g/mol. The zero-order valence-electron chi connectivity index (χ0n) is 10.8. The summed E-state index contributed by atoms with van der Waals surface area (Å²) in [4.78, 5) is 13.9. The summed E-state index contributed by atoms with van der Waals surface area (Å²) in [5.41, 5.74) is 0.414. The summed E-state index contributed by atoms with van der Waals surface area (Å²) in [6.07, 6.45) is 1.68. The smallest absolute Gasteiger partial charge is 0.254 e. The second-order valence-electron chi connectivity index (χ2n) is 4.61. The minimum Gasteiger partial charge on any atom is -0.504 e. The van der Waals surface area contributed by atoms with Crippen LogP contribution in [-0.2, 0) is 0 Å². The Hall–Kier alpha value is -2.22. The van der Waals surface area contributed by atoms with E-state index in [2.05, 4.69) is 6.07 Å². The molecule has 0 aromatic heterocycles. The number of phenolic OH excluding ortho intramolecular Hbond substituents is 1. The molecule has 19 heavy (non-hydrogen) atoms. The van der Waals surface area contributed by atoms with Crippen molar-refractivity contribution in [2.24, 2.45) is 5.92 Å². The lowest BCUT2D eigenvalue weighted by molar-refractivity contribution is 0.0698. The lowest BCUT2D eigenvalue weighted by atomic mass is 9.99. The summed E-state index contributed by atoms with van der Waals surface area (Å²) in [5, 5.41) is 18.6. The van der Waals surface area contributed by atoms with Crippen LogP contribution in [0.2, 0.25) is 0 Å². The number of hydrogen-bond acceptors (Lipinski definition) is 4. The topological polar surface area (TPSA) is 73.6 Å². The third kappa shape index (κ3) is 2.79. The van der Waals surface area contributed by atoms with Gasteiger partial charge in [0.25, 0.3) is 5.91 Å². The SMILES string of the molecule is COc1ccc(C(=O)N2CCCC(C#N)C2)cc1O. The van der Waals surface area contributed by atoms with Crippen molar-refractivity contribution in [2.45, 2.75) is 12.8 Å². The Bertz CT molecular complexity index is 522. The van der Waals surface area contributed by atoms with Crippen molar-refractivity contribution in [1.82, 2.24) is 4.90 Å². The van der Waals surface area contributed by atoms with Gasteiger partial charge in [-0.1, -0.05) is 0 Å². The lowest BCUT2D eigenvalue weighted by Gasteiger charge is -2.29. The molecule has 1 amide bonds. The van der Waals surface area contributed by atoms with Gasteiger partial charge in [-0.2, -0.15) is 5.26 Å². The number of carbonyl (C=O) groups excluding carboxylic acids is 1. The quantitative estimate of drug-likeness (QED) is 0.879.